The molecule has 0 bridgehead atoms. The molecule has 2 rings (SSSR count). The predicted molar refractivity (Wildman–Crippen MR) is 87.5 cm³/mol. The number of rotatable bonds is 8. The summed E-state index contributed by atoms with van der Waals surface area (Å²) in [5.74, 6) is 0.792. The molecular formula is C16H31ClN2O2. The molecule has 0 aromatic carbocycles. The van der Waals surface area contributed by atoms with E-state index in [0.717, 1.165) is 45.4 Å². The smallest absolute Gasteiger partial charge is 0.223 e. The summed E-state index contributed by atoms with van der Waals surface area (Å²) >= 11 is 0. The van der Waals surface area contributed by atoms with Crippen LogP contribution in [0.5, 0.6) is 0 Å². The lowest BCUT2D eigenvalue weighted by atomic mass is 9.66. The van der Waals surface area contributed by atoms with E-state index in [1.54, 1.807) is 0 Å². The van der Waals surface area contributed by atoms with Crippen LogP contribution in [0.3, 0.4) is 0 Å². The number of amides is 1. The number of hydrogen-bond acceptors (Lipinski definition) is 3. The summed E-state index contributed by atoms with van der Waals surface area (Å²) in [6.07, 6.45) is 8.10. The zero-order valence-electron chi connectivity index (χ0n) is 13.2. The average molecular weight is 319 g/mol. The minimum absolute atomic E-state index is 0. The van der Waals surface area contributed by atoms with Crippen LogP contribution in [-0.2, 0) is 9.53 Å². The minimum atomic E-state index is 0. The van der Waals surface area contributed by atoms with Crippen LogP contribution in [0.2, 0.25) is 0 Å². The molecule has 2 aliphatic carbocycles. The summed E-state index contributed by atoms with van der Waals surface area (Å²) in [7, 11) is 0. The highest BCUT2D eigenvalue weighted by molar-refractivity contribution is 5.85. The van der Waals surface area contributed by atoms with Gasteiger partial charge in [0.2, 0.25) is 5.91 Å². The Bertz CT molecular complexity index is 321. The van der Waals surface area contributed by atoms with Crippen molar-refractivity contribution in [2.24, 2.45) is 23.0 Å². The van der Waals surface area contributed by atoms with Gasteiger partial charge in [0.25, 0.3) is 0 Å². The molecule has 0 unspecified atom stereocenters. The van der Waals surface area contributed by atoms with Crippen LogP contribution in [-0.4, -0.2) is 32.2 Å². The number of hydrogen-bond donors (Lipinski definition) is 2. The van der Waals surface area contributed by atoms with Crippen molar-refractivity contribution in [1.29, 1.82) is 0 Å². The zero-order valence-corrected chi connectivity index (χ0v) is 14.1. The number of carbonyl (C=O) groups excluding carboxylic acids is 1. The van der Waals surface area contributed by atoms with Crippen LogP contribution in [0.4, 0.5) is 0 Å². The number of nitrogens with one attached hydrogen (secondary N) is 1. The second kappa shape index (κ2) is 8.96. The lowest BCUT2D eigenvalue weighted by Crippen LogP contribution is -2.45. The van der Waals surface area contributed by atoms with Gasteiger partial charge in [-0.1, -0.05) is 12.8 Å². The minimum Gasteiger partial charge on any atom is -0.382 e. The molecule has 21 heavy (non-hydrogen) atoms. The van der Waals surface area contributed by atoms with Gasteiger partial charge >= 0.3 is 0 Å². The first-order valence-electron chi connectivity index (χ1n) is 8.26. The Hall–Kier alpha value is -0.320. The van der Waals surface area contributed by atoms with E-state index in [4.69, 9.17) is 10.5 Å². The Morgan fingerprint density at radius 3 is 2.67 bits per heavy atom. The van der Waals surface area contributed by atoms with Gasteiger partial charge in [-0.15, -0.1) is 12.4 Å². The molecule has 0 heterocycles. The first kappa shape index (κ1) is 18.7. The third kappa shape index (κ3) is 4.83. The van der Waals surface area contributed by atoms with Crippen molar-refractivity contribution in [3.8, 4) is 0 Å². The molecule has 124 valence electrons. The van der Waals surface area contributed by atoms with E-state index < -0.39 is 0 Å². The van der Waals surface area contributed by atoms with Gasteiger partial charge in [-0.25, -0.2) is 0 Å². The summed E-state index contributed by atoms with van der Waals surface area (Å²) < 4.78 is 5.48. The summed E-state index contributed by atoms with van der Waals surface area (Å²) in [4.78, 5) is 12.3. The molecular weight excluding hydrogens is 288 g/mol. The van der Waals surface area contributed by atoms with Crippen molar-refractivity contribution < 1.29 is 9.53 Å². The lowest BCUT2D eigenvalue weighted by molar-refractivity contribution is -0.127. The van der Waals surface area contributed by atoms with Gasteiger partial charge in [-0.3, -0.25) is 4.79 Å². The molecule has 5 heteroatoms. The normalized spacial score (nSPS) is 26.8. The van der Waals surface area contributed by atoms with Gasteiger partial charge in [-0.05, 0) is 56.9 Å². The van der Waals surface area contributed by atoms with Crippen molar-refractivity contribution in [2.75, 3.05) is 26.3 Å². The number of carbonyl (C=O) groups is 1. The fourth-order valence-corrected chi connectivity index (χ4v) is 3.69. The van der Waals surface area contributed by atoms with E-state index in [2.05, 4.69) is 5.32 Å². The molecule has 2 atom stereocenters. The first-order chi connectivity index (χ1) is 9.71. The van der Waals surface area contributed by atoms with Crippen molar-refractivity contribution >= 4 is 18.3 Å². The van der Waals surface area contributed by atoms with Crippen LogP contribution in [0, 0.1) is 17.3 Å². The molecule has 2 saturated carbocycles. The van der Waals surface area contributed by atoms with Crippen LogP contribution in [0.15, 0.2) is 0 Å². The summed E-state index contributed by atoms with van der Waals surface area (Å²) in [6.45, 7) is 5.10. The lowest BCUT2D eigenvalue weighted by Gasteiger charge is -2.42. The first-order valence-corrected chi connectivity index (χ1v) is 8.26. The van der Waals surface area contributed by atoms with Gasteiger partial charge in [0.15, 0.2) is 0 Å². The topological polar surface area (TPSA) is 64.3 Å². The molecule has 0 radical (unpaired) electrons. The standard InChI is InChI=1S/C16H30N2O2.ClH/c1-2-20-10-9-16(7-4-8-16)12-18-15(19)14-6-3-5-13(14)11-17;/h13-14H,2-12,17H2,1H3,(H,18,19);1H/t13-,14-;/m1./s1. The average Bonchev–Trinajstić information content (AvgIpc) is 2.89. The maximum atomic E-state index is 12.3. The van der Waals surface area contributed by atoms with Gasteiger partial charge < -0.3 is 15.8 Å². The Kier molecular flexibility index (Phi) is 7.99. The second-order valence-corrected chi connectivity index (χ2v) is 6.55. The highest BCUT2D eigenvalue weighted by Gasteiger charge is 2.38. The molecule has 0 saturated heterocycles. The van der Waals surface area contributed by atoms with Crippen LogP contribution < -0.4 is 11.1 Å². The fourth-order valence-electron chi connectivity index (χ4n) is 3.69. The monoisotopic (exact) mass is 318 g/mol. The van der Waals surface area contributed by atoms with Crippen LogP contribution in [0.25, 0.3) is 0 Å². The Balaban J connectivity index is 0.00000220. The Morgan fingerprint density at radius 2 is 2.10 bits per heavy atom. The maximum absolute atomic E-state index is 12.3. The van der Waals surface area contributed by atoms with E-state index in [-0.39, 0.29) is 24.2 Å². The van der Waals surface area contributed by atoms with Crippen LogP contribution >= 0.6 is 12.4 Å². The molecule has 0 aromatic rings. The molecule has 2 fully saturated rings. The molecule has 0 spiro atoms. The highest BCUT2D eigenvalue weighted by atomic mass is 35.5. The van der Waals surface area contributed by atoms with E-state index in [1.165, 1.54) is 19.3 Å². The van der Waals surface area contributed by atoms with Crippen molar-refractivity contribution in [1.82, 2.24) is 5.32 Å². The van der Waals surface area contributed by atoms with Gasteiger partial charge in [0.05, 0.1) is 0 Å². The van der Waals surface area contributed by atoms with E-state index >= 15 is 0 Å². The number of nitrogens with two attached hydrogens (primary N) is 1. The third-order valence-corrected chi connectivity index (χ3v) is 5.33. The summed E-state index contributed by atoms with van der Waals surface area (Å²) in [5.41, 5.74) is 6.07. The van der Waals surface area contributed by atoms with Gasteiger partial charge in [0.1, 0.15) is 0 Å². The maximum Gasteiger partial charge on any atom is 0.223 e. The van der Waals surface area contributed by atoms with E-state index in [9.17, 15) is 4.79 Å². The fraction of sp³-hybridized carbons (Fsp3) is 0.938. The van der Waals surface area contributed by atoms with E-state index in [1.807, 2.05) is 6.92 Å². The van der Waals surface area contributed by atoms with Crippen molar-refractivity contribution in [3.63, 3.8) is 0 Å². The highest BCUT2D eigenvalue weighted by Crippen LogP contribution is 2.43. The quantitative estimate of drug-likeness (QED) is 0.676. The van der Waals surface area contributed by atoms with E-state index in [0.29, 0.717) is 17.9 Å². The Morgan fingerprint density at radius 1 is 1.33 bits per heavy atom. The number of halogens is 1. The molecule has 4 nitrogen and oxygen atoms in total. The second-order valence-electron chi connectivity index (χ2n) is 6.55. The predicted octanol–water partition coefficient (Wildman–Crippen LogP) is 2.50. The number of ether oxygens (including phenoxy) is 1. The molecule has 1 amide bonds. The third-order valence-electron chi connectivity index (χ3n) is 5.33. The van der Waals surface area contributed by atoms with Gasteiger partial charge in [0, 0.05) is 25.7 Å². The van der Waals surface area contributed by atoms with Crippen molar-refractivity contribution in [2.45, 2.75) is 51.9 Å². The molecule has 0 aliphatic heterocycles. The van der Waals surface area contributed by atoms with Gasteiger partial charge in [-0.2, -0.15) is 0 Å². The Labute approximate surface area is 135 Å². The molecule has 3 N–H and O–H groups in total. The SMILES string of the molecule is CCOCCC1(CNC(=O)[C@@H]2CCC[C@@H]2CN)CCC1.Cl. The van der Waals surface area contributed by atoms with Crippen molar-refractivity contribution in [3.05, 3.63) is 0 Å². The molecule has 2 aliphatic rings. The summed E-state index contributed by atoms with van der Waals surface area (Å²) in [6, 6.07) is 0. The molecule has 0 aromatic heterocycles. The largest absolute Gasteiger partial charge is 0.382 e. The van der Waals surface area contributed by atoms with Crippen LogP contribution in [0.1, 0.15) is 51.9 Å². The zero-order chi connectivity index (χ0) is 14.4. The summed E-state index contributed by atoms with van der Waals surface area (Å²) in [5, 5.41) is 3.21.